The van der Waals surface area contributed by atoms with Crippen LogP contribution in [0.1, 0.15) is 22.3 Å². The average Bonchev–Trinajstić information content (AvgIpc) is 3.03. The van der Waals surface area contributed by atoms with Gasteiger partial charge in [0, 0.05) is 22.9 Å². The number of carbonyl (C=O) groups is 1. The Kier molecular flexibility index (Phi) is 7.78. The van der Waals surface area contributed by atoms with Gasteiger partial charge in [-0.25, -0.2) is 4.98 Å². The van der Waals surface area contributed by atoms with Gasteiger partial charge in [-0.15, -0.1) is 12.4 Å². The summed E-state index contributed by atoms with van der Waals surface area (Å²) < 4.78 is 5.76. The molecule has 26 heavy (non-hydrogen) atoms. The highest BCUT2D eigenvalue weighted by Crippen LogP contribution is 2.27. The Bertz CT molecular complexity index is 869. The molecule has 0 bridgehead atoms. The van der Waals surface area contributed by atoms with Gasteiger partial charge in [0.05, 0.1) is 0 Å². The Morgan fingerprint density at radius 1 is 1.23 bits per heavy atom. The Morgan fingerprint density at radius 2 is 2.00 bits per heavy atom. The highest BCUT2D eigenvalue weighted by molar-refractivity contribution is 7.98. The number of halogens is 2. The fraction of sp³-hybridized carbons (Fsp3) is 0.222. The standard InChI is InChI=1S/C18H18ClN3O2S.ClH/c19-14-5-2-12(3-6-14)11-25-18-22-15-7-4-13(10-16(15)24-18)17(23)21-9-1-8-20;/h2-7,10H,1,8-9,11,20H2,(H,21,23);1H. The number of oxazole rings is 1. The molecular weight excluding hydrogens is 393 g/mol. The van der Waals surface area contributed by atoms with E-state index in [2.05, 4.69) is 10.3 Å². The molecule has 5 nitrogen and oxygen atoms in total. The van der Waals surface area contributed by atoms with Crippen molar-refractivity contribution in [3.05, 3.63) is 58.6 Å². The van der Waals surface area contributed by atoms with Crippen molar-refractivity contribution in [2.24, 2.45) is 5.73 Å². The van der Waals surface area contributed by atoms with Gasteiger partial charge in [-0.05, 0) is 48.9 Å². The quantitative estimate of drug-likeness (QED) is 0.447. The number of thioether (sulfide) groups is 1. The van der Waals surface area contributed by atoms with E-state index in [4.69, 9.17) is 21.8 Å². The lowest BCUT2D eigenvalue weighted by molar-refractivity contribution is 0.0953. The van der Waals surface area contributed by atoms with Gasteiger partial charge in [0.25, 0.3) is 11.1 Å². The lowest BCUT2D eigenvalue weighted by atomic mass is 10.2. The highest BCUT2D eigenvalue weighted by atomic mass is 35.5. The zero-order valence-electron chi connectivity index (χ0n) is 13.9. The van der Waals surface area contributed by atoms with Gasteiger partial charge in [-0.1, -0.05) is 35.5 Å². The third kappa shape index (κ3) is 5.38. The first-order valence-electron chi connectivity index (χ1n) is 7.92. The van der Waals surface area contributed by atoms with Crippen LogP contribution < -0.4 is 11.1 Å². The largest absolute Gasteiger partial charge is 0.431 e. The number of aromatic nitrogens is 1. The van der Waals surface area contributed by atoms with Crippen LogP contribution in [-0.4, -0.2) is 24.0 Å². The van der Waals surface area contributed by atoms with Crippen molar-refractivity contribution < 1.29 is 9.21 Å². The van der Waals surface area contributed by atoms with Gasteiger partial charge in [0.1, 0.15) is 5.52 Å². The molecule has 3 N–H and O–H groups in total. The second-order valence-corrected chi connectivity index (χ2v) is 6.84. The summed E-state index contributed by atoms with van der Waals surface area (Å²) in [6.07, 6.45) is 0.752. The molecule has 2 aromatic carbocycles. The minimum Gasteiger partial charge on any atom is -0.431 e. The Balaban J connectivity index is 0.00000243. The number of fused-ring (bicyclic) bond motifs is 1. The molecule has 0 aliphatic rings. The molecule has 0 radical (unpaired) electrons. The third-order valence-corrected chi connectivity index (χ3v) is 4.72. The number of carbonyl (C=O) groups excluding carboxylic acids is 1. The van der Waals surface area contributed by atoms with E-state index in [1.54, 1.807) is 18.2 Å². The van der Waals surface area contributed by atoms with Crippen LogP contribution in [0.5, 0.6) is 0 Å². The molecule has 1 aromatic heterocycles. The molecule has 8 heteroatoms. The van der Waals surface area contributed by atoms with E-state index in [-0.39, 0.29) is 18.3 Å². The molecule has 0 atom stereocenters. The Labute approximate surface area is 167 Å². The molecule has 3 rings (SSSR count). The first-order valence-corrected chi connectivity index (χ1v) is 9.28. The lowest BCUT2D eigenvalue weighted by Crippen LogP contribution is -2.25. The number of nitrogens with one attached hydrogen (secondary N) is 1. The van der Waals surface area contributed by atoms with E-state index in [1.165, 1.54) is 11.8 Å². The van der Waals surface area contributed by atoms with Crippen LogP contribution in [0.15, 0.2) is 52.1 Å². The summed E-state index contributed by atoms with van der Waals surface area (Å²) in [5, 5.41) is 4.12. The minimum absolute atomic E-state index is 0. The van der Waals surface area contributed by atoms with Crippen LogP contribution in [-0.2, 0) is 5.75 Å². The maximum absolute atomic E-state index is 12.1. The molecule has 0 spiro atoms. The van der Waals surface area contributed by atoms with Gasteiger partial charge in [0.15, 0.2) is 5.58 Å². The van der Waals surface area contributed by atoms with Crippen LogP contribution in [0, 0.1) is 0 Å². The summed E-state index contributed by atoms with van der Waals surface area (Å²) in [6, 6.07) is 12.9. The second kappa shape index (κ2) is 9.83. The van der Waals surface area contributed by atoms with Crippen LogP contribution >= 0.6 is 35.8 Å². The molecule has 0 aliphatic carbocycles. The summed E-state index contributed by atoms with van der Waals surface area (Å²) in [4.78, 5) is 16.5. The molecule has 1 heterocycles. The lowest BCUT2D eigenvalue weighted by Gasteiger charge is -2.03. The summed E-state index contributed by atoms with van der Waals surface area (Å²) in [7, 11) is 0. The number of benzene rings is 2. The van der Waals surface area contributed by atoms with Crippen molar-refractivity contribution in [3.8, 4) is 0 Å². The SMILES string of the molecule is Cl.NCCCNC(=O)c1ccc2nc(SCc3ccc(Cl)cc3)oc2c1. The predicted octanol–water partition coefficient (Wildman–Crippen LogP) is 4.27. The molecule has 0 unspecified atom stereocenters. The molecule has 3 aromatic rings. The summed E-state index contributed by atoms with van der Waals surface area (Å²) in [6.45, 7) is 1.11. The van der Waals surface area contributed by atoms with Crippen LogP contribution in [0.2, 0.25) is 5.02 Å². The number of rotatable bonds is 7. The van der Waals surface area contributed by atoms with Crippen molar-refractivity contribution in [1.29, 1.82) is 0 Å². The maximum atomic E-state index is 12.1. The van der Waals surface area contributed by atoms with Gasteiger partial charge in [-0.2, -0.15) is 0 Å². The summed E-state index contributed by atoms with van der Waals surface area (Å²) >= 11 is 7.39. The fourth-order valence-corrected chi connectivity index (χ4v) is 3.16. The van der Waals surface area contributed by atoms with E-state index in [0.29, 0.717) is 34.5 Å². The smallest absolute Gasteiger partial charge is 0.257 e. The summed E-state index contributed by atoms with van der Waals surface area (Å²) in [5.74, 6) is 0.596. The van der Waals surface area contributed by atoms with Crippen LogP contribution in [0.4, 0.5) is 0 Å². The number of nitrogens with two attached hydrogens (primary N) is 1. The number of hydrogen-bond donors (Lipinski definition) is 2. The van der Waals surface area contributed by atoms with E-state index < -0.39 is 0 Å². The van der Waals surface area contributed by atoms with Crippen molar-refractivity contribution in [2.45, 2.75) is 17.4 Å². The Hall–Kier alpha value is -1.73. The van der Waals surface area contributed by atoms with Crippen molar-refractivity contribution in [1.82, 2.24) is 10.3 Å². The van der Waals surface area contributed by atoms with Gasteiger partial charge in [-0.3, -0.25) is 4.79 Å². The first kappa shape index (κ1) is 20.6. The summed E-state index contributed by atoms with van der Waals surface area (Å²) in [5.41, 5.74) is 8.45. The van der Waals surface area contributed by atoms with Crippen LogP contribution in [0.25, 0.3) is 11.1 Å². The third-order valence-electron chi connectivity index (χ3n) is 3.57. The van der Waals surface area contributed by atoms with Gasteiger partial charge >= 0.3 is 0 Å². The average molecular weight is 412 g/mol. The Morgan fingerprint density at radius 3 is 2.73 bits per heavy atom. The molecular formula is C18H19Cl2N3O2S. The number of hydrogen-bond acceptors (Lipinski definition) is 5. The van der Waals surface area contributed by atoms with Crippen LogP contribution in [0.3, 0.4) is 0 Å². The van der Waals surface area contributed by atoms with Crippen molar-refractivity contribution in [3.63, 3.8) is 0 Å². The fourth-order valence-electron chi connectivity index (χ4n) is 2.24. The van der Waals surface area contributed by atoms with E-state index in [9.17, 15) is 4.79 Å². The molecule has 0 fully saturated rings. The van der Waals surface area contributed by atoms with E-state index in [0.717, 1.165) is 23.3 Å². The highest BCUT2D eigenvalue weighted by Gasteiger charge is 2.11. The first-order chi connectivity index (χ1) is 12.2. The molecule has 0 saturated heterocycles. The van der Waals surface area contributed by atoms with Gasteiger partial charge in [0.2, 0.25) is 0 Å². The van der Waals surface area contributed by atoms with E-state index >= 15 is 0 Å². The zero-order valence-corrected chi connectivity index (χ0v) is 16.3. The molecule has 1 amide bonds. The predicted molar refractivity (Wildman–Crippen MR) is 108 cm³/mol. The number of amides is 1. The van der Waals surface area contributed by atoms with Crippen molar-refractivity contribution in [2.75, 3.05) is 13.1 Å². The maximum Gasteiger partial charge on any atom is 0.257 e. The van der Waals surface area contributed by atoms with Crippen molar-refractivity contribution >= 4 is 52.8 Å². The monoisotopic (exact) mass is 411 g/mol. The molecule has 138 valence electrons. The topological polar surface area (TPSA) is 81.1 Å². The molecule has 0 saturated carbocycles. The van der Waals surface area contributed by atoms with Gasteiger partial charge < -0.3 is 15.5 Å². The molecule has 0 aliphatic heterocycles. The number of nitrogens with zero attached hydrogens (tertiary/aromatic N) is 1. The normalized spacial score (nSPS) is 10.5. The minimum atomic E-state index is -0.137. The van der Waals surface area contributed by atoms with E-state index in [1.807, 2.05) is 24.3 Å². The zero-order chi connectivity index (χ0) is 17.6. The second-order valence-electron chi connectivity index (χ2n) is 5.48.